The summed E-state index contributed by atoms with van der Waals surface area (Å²) in [6.07, 6.45) is 2.19. The van der Waals surface area contributed by atoms with Gasteiger partial charge < -0.3 is 14.5 Å². The maximum atomic E-state index is 12.3. The minimum absolute atomic E-state index is 0.161. The first-order chi connectivity index (χ1) is 14.7. The standard InChI is InChI=1S/C20H19N5O3S2/c1-27-15-6-4-14(5-7-15)11-19-23-24-20(28-19)30-13-18(26)22-17-8-9-21-25(17)12-16-3-2-10-29-16/h2-10H,11-13H2,1H3,(H,22,26). The molecule has 1 N–H and O–H groups in total. The number of ether oxygens (including phenoxy) is 1. The molecule has 0 unspecified atom stereocenters. The third-order valence-electron chi connectivity index (χ3n) is 4.16. The van der Waals surface area contributed by atoms with Gasteiger partial charge in [0, 0.05) is 10.9 Å². The molecule has 154 valence electrons. The molecule has 8 nitrogen and oxygen atoms in total. The highest BCUT2D eigenvalue weighted by atomic mass is 32.2. The number of amides is 1. The average Bonchev–Trinajstić information content (AvgIpc) is 3.51. The molecule has 0 atom stereocenters. The van der Waals surface area contributed by atoms with Crippen molar-refractivity contribution in [3.05, 3.63) is 70.4 Å². The molecular formula is C20H19N5O3S2. The molecule has 0 bridgehead atoms. The summed E-state index contributed by atoms with van der Waals surface area (Å²) in [6.45, 7) is 0.617. The minimum atomic E-state index is -0.164. The summed E-state index contributed by atoms with van der Waals surface area (Å²) in [4.78, 5) is 13.5. The number of anilines is 1. The largest absolute Gasteiger partial charge is 0.497 e. The van der Waals surface area contributed by atoms with Gasteiger partial charge in [0.1, 0.15) is 11.6 Å². The van der Waals surface area contributed by atoms with Gasteiger partial charge in [-0.3, -0.25) is 4.79 Å². The molecule has 1 aromatic carbocycles. The zero-order valence-corrected chi connectivity index (χ0v) is 17.8. The van der Waals surface area contributed by atoms with Crippen molar-refractivity contribution >= 4 is 34.8 Å². The summed E-state index contributed by atoms with van der Waals surface area (Å²) in [5.41, 5.74) is 1.03. The number of nitrogens with one attached hydrogen (secondary N) is 1. The Balaban J connectivity index is 1.28. The third-order valence-corrected chi connectivity index (χ3v) is 5.84. The van der Waals surface area contributed by atoms with E-state index in [1.54, 1.807) is 35.4 Å². The number of carbonyl (C=O) groups is 1. The van der Waals surface area contributed by atoms with E-state index in [2.05, 4.69) is 20.6 Å². The van der Waals surface area contributed by atoms with Gasteiger partial charge in [0.2, 0.25) is 11.8 Å². The first-order valence-electron chi connectivity index (χ1n) is 9.12. The second-order valence-electron chi connectivity index (χ2n) is 6.28. The number of benzene rings is 1. The fourth-order valence-corrected chi connectivity index (χ4v) is 3.97. The number of hydrogen-bond donors (Lipinski definition) is 1. The smallest absolute Gasteiger partial charge is 0.277 e. The lowest BCUT2D eigenvalue weighted by Gasteiger charge is -2.07. The molecule has 0 spiro atoms. The van der Waals surface area contributed by atoms with E-state index in [0.717, 1.165) is 11.3 Å². The van der Waals surface area contributed by atoms with Gasteiger partial charge >= 0.3 is 0 Å². The lowest BCUT2D eigenvalue weighted by molar-refractivity contribution is -0.113. The van der Waals surface area contributed by atoms with Gasteiger partial charge in [0.15, 0.2) is 0 Å². The summed E-state index contributed by atoms with van der Waals surface area (Å²) < 4.78 is 12.5. The van der Waals surface area contributed by atoms with E-state index in [9.17, 15) is 4.79 Å². The Morgan fingerprint density at radius 3 is 2.87 bits per heavy atom. The molecule has 4 aromatic rings. The number of carbonyl (C=O) groups excluding carboxylic acids is 1. The van der Waals surface area contributed by atoms with E-state index in [4.69, 9.17) is 9.15 Å². The zero-order valence-electron chi connectivity index (χ0n) is 16.1. The number of methoxy groups -OCH3 is 1. The van der Waals surface area contributed by atoms with E-state index in [1.807, 2.05) is 41.8 Å². The monoisotopic (exact) mass is 441 g/mol. The maximum Gasteiger partial charge on any atom is 0.277 e. The quantitative estimate of drug-likeness (QED) is 0.396. The molecule has 4 rings (SSSR count). The lowest BCUT2D eigenvalue weighted by atomic mass is 10.1. The maximum absolute atomic E-state index is 12.3. The number of thiophene rings is 1. The molecule has 1 amide bonds. The molecule has 10 heteroatoms. The van der Waals surface area contributed by atoms with Crippen LogP contribution in [0, 0.1) is 0 Å². The van der Waals surface area contributed by atoms with Crippen LogP contribution in [0.3, 0.4) is 0 Å². The molecule has 0 fully saturated rings. The normalized spacial score (nSPS) is 10.8. The van der Waals surface area contributed by atoms with Gasteiger partial charge in [-0.25, -0.2) is 4.68 Å². The van der Waals surface area contributed by atoms with E-state index >= 15 is 0 Å². The zero-order chi connectivity index (χ0) is 20.8. The van der Waals surface area contributed by atoms with Gasteiger partial charge in [-0.2, -0.15) is 5.10 Å². The van der Waals surface area contributed by atoms with Crippen molar-refractivity contribution in [1.82, 2.24) is 20.0 Å². The highest BCUT2D eigenvalue weighted by Gasteiger charge is 2.12. The van der Waals surface area contributed by atoms with Crippen LogP contribution < -0.4 is 10.1 Å². The van der Waals surface area contributed by atoms with Gasteiger partial charge in [0.25, 0.3) is 5.22 Å². The molecule has 0 aliphatic heterocycles. The summed E-state index contributed by atoms with van der Waals surface area (Å²) in [5.74, 6) is 1.94. The van der Waals surface area contributed by atoms with Crippen molar-refractivity contribution < 1.29 is 13.9 Å². The number of hydrogen-bond acceptors (Lipinski definition) is 8. The Morgan fingerprint density at radius 2 is 2.10 bits per heavy atom. The van der Waals surface area contributed by atoms with Crippen LogP contribution in [0.25, 0.3) is 0 Å². The first kappa shape index (κ1) is 20.2. The Hall–Kier alpha value is -3.11. The minimum Gasteiger partial charge on any atom is -0.497 e. The van der Waals surface area contributed by atoms with Gasteiger partial charge in [-0.05, 0) is 29.1 Å². The van der Waals surface area contributed by atoms with E-state index in [0.29, 0.717) is 29.9 Å². The topological polar surface area (TPSA) is 95.1 Å². The number of nitrogens with zero attached hydrogens (tertiary/aromatic N) is 4. The van der Waals surface area contributed by atoms with Gasteiger partial charge in [-0.1, -0.05) is 30.0 Å². The highest BCUT2D eigenvalue weighted by molar-refractivity contribution is 7.99. The lowest BCUT2D eigenvalue weighted by Crippen LogP contribution is -2.17. The molecule has 0 aliphatic rings. The van der Waals surface area contributed by atoms with Crippen LogP contribution in [0.1, 0.15) is 16.3 Å². The van der Waals surface area contributed by atoms with Crippen molar-refractivity contribution in [3.8, 4) is 5.75 Å². The Kier molecular flexibility index (Phi) is 6.45. The number of aromatic nitrogens is 4. The van der Waals surface area contributed by atoms with Gasteiger partial charge in [0.05, 0.1) is 32.0 Å². The predicted octanol–water partition coefficient (Wildman–Crippen LogP) is 3.71. The Bertz CT molecular complexity index is 1090. The van der Waals surface area contributed by atoms with Gasteiger partial charge in [-0.15, -0.1) is 21.5 Å². The SMILES string of the molecule is COc1ccc(Cc2nnc(SCC(=O)Nc3ccnn3Cc3cccs3)o2)cc1. The van der Waals surface area contributed by atoms with Crippen molar-refractivity contribution in [3.63, 3.8) is 0 Å². The first-order valence-corrected chi connectivity index (χ1v) is 11.0. The van der Waals surface area contributed by atoms with Crippen molar-refractivity contribution in [2.24, 2.45) is 0 Å². The van der Waals surface area contributed by atoms with E-state index in [-0.39, 0.29) is 11.7 Å². The van der Waals surface area contributed by atoms with Crippen molar-refractivity contribution in [2.75, 3.05) is 18.2 Å². The van der Waals surface area contributed by atoms with Crippen molar-refractivity contribution in [2.45, 2.75) is 18.2 Å². The molecule has 0 saturated heterocycles. The molecule has 3 heterocycles. The van der Waals surface area contributed by atoms with E-state index in [1.165, 1.54) is 16.6 Å². The van der Waals surface area contributed by atoms with Crippen LogP contribution in [0.4, 0.5) is 5.82 Å². The van der Waals surface area contributed by atoms with Crippen LogP contribution in [0.5, 0.6) is 5.75 Å². The van der Waals surface area contributed by atoms with Crippen LogP contribution >= 0.6 is 23.1 Å². The summed E-state index contributed by atoms with van der Waals surface area (Å²) >= 11 is 2.85. The van der Waals surface area contributed by atoms with Crippen LogP contribution in [-0.2, 0) is 17.8 Å². The van der Waals surface area contributed by atoms with E-state index < -0.39 is 0 Å². The molecule has 0 aliphatic carbocycles. The summed E-state index contributed by atoms with van der Waals surface area (Å²) in [6, 6.07) is 13.5. The molecular weight excluding hydrogens is 422 g/mol. The molecule has 3 aromatic heterocycles. The summed E-state index contributed by atoms with van der Waals surface area (Å²) in [5, 5.41) is 17.6. The van der Waals surface area contributed by atoms with Crippen LogP contribution in [0.2, 0.25) is 0 Å². The number of thioether (sulfide) groups is 1. The van der Waals surface area contributed by atoms with Crippen molar-refractivity contribution in [1.29, 1.82) is 0 Å². The fourth-order valence-electron chi connectivity index (χ4n) is 2.71. The Morgan fingerprint density at radius 1 is 1.23 bits per heavy atom. The molecule has 0 radical (unpaired) electrons. The molecule has 30 heavy (non-hydrogen) atoms. The summed E-state index contributed by atoms with van der Waals surface area (Å²) in [7, 11) is 1.63. The highest BCUT2D eigenvalue weighted by Crippen LogP contribution is 2.20. The Labute approximate surface area is 181 Å². The average molecular weight is 442 g/mol. The third kappa shape index (κ3) is 5.28. The van der Waals surface area contributed by atoms with Crippen LogP contribution in [0.15, 0.2) is 63.7 Å². The molecule has 0 saturated carbocycles. The fraction of sp³-hybridized carbons (Fsp3) is 0.200. The second-order valence-corrected chi connectivity index (χ2v) is 8.24. The van der Waals surface area contributed by atoms with Crippen LogP contribution in [-0.4, -0.2) is 38.7 Å². The second kappa shape index (κ2) is 9.59. The predicted molar refractivity (Wildman–Crippen MR) is 115 cm³/mol. The number of rotatable bonds is 9.